The molecule has 0 aliphatic heterocycles. The predicted molar refractivity (Wildman–Crippen MR) is 73.7 cm³/mol. The number of benzene rings is 1. The summed E-state index contributed by atoms with van der Waals surface area (Å²) in [4.78, 5) is 13.4. The highest BCUT2D eigenvalue weighted by atomic mass is 35.5. The van der Waals surface area contributed by atoms with Gasteiger partial charge in [0.05, 0.1) is 0 Å². The van der Waals surface area contributed by atoms with E-state index in [2.05, 4.69) is 5.32 Å². The number of hydrogen-bond acceptors (Lipinski definition) is 2. The molecule has 1 amide bonds. The molecule has 0 bridgehead atoms. The molecule has 5 heteroatoms. The van der Waals surface area contributed by atoms with Crippen LogP contribution in [-0.2, 0) is 11.3 Å². The van der Waals surface area contributed by atoms with Gasteiger partial charge in [-0.1, -0.05) is 23.7 Å². The van der Waals surface area contributed by atoms with E-state index < -0.39 is 0 Å². The maximum absolute atomic E-state index is 11.6. The third-order valence-electron chi connectivity index (χ3n) is 2.35. The molecule has 0 radical (unpaired) electrons. The highest BCUT2D eigenvalue weighted by Gasteiger charge is 2.07. The van der Waals surface area contributed by atoms with Crippen molar-refractivity contribution in [3.8, 4) is 0 Å². The minimum absolute atomic E-state index is 0. The van der Waals surface area contributed by atoms with Crippen molar-refractivity contribution in [3.63, 3.8) is 0 Å². The van der Waals surface area contributed by atoms with Crippen LogP contribution in [0.5, 0.6) is 0 Å². The van der Waals surface area contributed by atoms with Crippen molar-refractivity contribution in [2.75, 3.05) is 20.6 Å². The Morgan fingerprint density at radius 3 is 2.47 bits per heavy atom. The Hall–Kier alpha value is -0.770. The van der Waals surface area contributed by atoms with Gasteiger partial charge in [0.15, 0.2) is 0 Å². The summed E-state index contributed by atoms with van der Waals surface area (Å²) in [7, 11) is 3.65. The lowest BCUT2D eigenvalue weighted by Crippen LogP contribution is -2.28. The minimum atomic E-state index is 0. The van der Waals surface area contributed by atoms with Crippen LogP contribution in [0.4, 0.5) is 0 Å². The predicted octanol–water partition coefficient (Wildman–Crippen LogP) is 2.33. The Morgan fingerprint density at radius 2 is 1.94 bits per heavy atom. The molecule has 0 unspecified atom stereocenters. The van der Waals surface area contributed by atoms with E-state index in [1.165, 1.54) is 0 Å². The van der Waals surface area contributed by atoms with Crippen LogP contribution in [0.15, 0.2) is 24.3 Å². The van der Waals surface area contributed by atoms with E-state index in [0.29, 0.717) is 24.5 Å². The monoisotopic (exact) mass is 276 g/mol. The van der Waals surface area contributed by atoms with Gasteiger partial charge in [-0.2, -0.15) is 0 Å². The van der Waals surface area contributed by atoms with Crippen molar-refractivity contribution >= 4 is 29.9 Å². The second kappa shape index (κ2) is 8.34. The number of carbonyl (C=O) groups is 1. The highest BCUT2D eigenvalue weighted by molar-refractivity contribution is 6.30. The van der Waals surface area contributed by atoms with Gasteiger partial charge in [0.25, 0.3) is 0 Å². The minimum Gasteiger partial charge on any atom is -0.341 e. The van der Waals surface area contributed by atoms with Crippen LogP contribution in [-0.4, -0.2) is 31.4 Å². The molecule has 0 saturated heterocycles. The molecule has 0 saturated carbocycles. The molecule has 0 aliphatic carbocycles. The highest BCUT2D eigenvalue weighted by Crippen LogP contribution is 2.11. The lowest BCUT2D eigenvalue weighted by molar-refractivity contribution is -0.130. The van der Waals surface area contributed by atoms with E-state index in [1.54, 1.807) is 4.90 Å². The van der Waals surface area contributed by atoms with Crippen LogP contribution < -0.4 is 5.32 Å². The fourth-order valence-corrected chi connectivity index (χ4v) is 1.50. The van der Waals surface area contributed by atoms with Crippen LogP contribution in [0.2, 0.25) is 5.02 Å². The smallest absolute Gasteiger partial charge is 0.223 e. The summed E-state index contributed by atoms with van der Waals surface area (Å²) < 4.78 is 0. The van der Waals surface area contributed by atoms with E-state index in [-0.39, 0.29) is 18.3 Å². The second-order valence-electron chi connectivity index (χ2n) is 3.73. The van der Waals surface area contributed by atoms with Crippen LogP contribution >= 0.6 is 24.0 Å². The van der Waals surface area contributed by atoms with Crippen molar-refractivity contribution in [2.24, 2.45) is 0 Å². The largest absolute Gasteiger partial charge is 0.341 e. The van der Waals surface area contributed by atoms with Crippen molar-refractivity contribution < 1.29 is 4.79 Å². The van der Waals surface area contributed by atoms with Gasteiger partial charge < -0.3 is 10.2 Å². The molecule has 0 aromatic heterocycles. The van der Waals surface area contributed by atoms with Gasteiger partial charge in [-0.3, -0.25) is 4.79 Å². The first-order valence-electron chi connectivity index (χ1n) is 5.26. The summed E-state index contributed by atoms with van der Waals surface area (Å²) in [5.41, 5.74) is 1.09. The van der Waals surface area contributed by atoms with Crippen molar-refractivity contribution in [1.82, 2.24) is 10.2 Å². The third-order valence-corrected chi connectivity index (χ3v) is 2.60. The first kappa shape index (κ1) is 16.2. The zero-order valence-corrected chi connectivity index (χ0v) is 11.6. The van der Waals surface area contributed by atoms with E-state index in [4.69, 9.17) is 11.6 Å². The third kappa shape index (κ3) is 5.91. The quantitative estimate of drug-likeness (QED) is 0.896. The Labute approximate surface area is 114 Å². The fourth-order valence-electron chi connectivity index (χ4n) is 1.37. The lowest BCUT2D eigenvalue weighted by atomic mass is 10.2. The molecule has 0 spiro atoms. The zero-order valence-electron chi connectivity index (χ0n) is 10.1. The van der Waals surface area contributed by atoms with Crippen molar-refractivity contribution in [1.29, 1.82) is 0 Å². The average molecular weight is 277 g/mol. The Bertz CT molecular complexity index is 341. The Morgan fingerprint density at radius 1 is 1.35 bits per heavy atom. The molecule has 96 valence electrons. The van der Waals surface area contributed by atoms with E-state index >= 15 is 0 Å². The molecule has 0 heterocycles. The van der Waals surface area contributed by atoms with Gasteiger partial charge in [-0.25, -0.2) is 0 Å². The van der Waals surface area contributed by atoms with Gasteiger partial charge in [0.2, 0.25) is 5.91 Å². The van der Waals surface area contributed by atoms with Crippen molar-refractivity contribution in [2.45, 2.75) is 13.0 Å². The van der Waals surface area contributed by atoms with Crippen LogP contribution in [0.1, 0.15) is 12.0 Å². The number of rotatable bonds is 5. The topological polar surface area (TPSA) is 32.3 Å². The summed E-state index contributed by atoms with van der Waals surface area (Å²) in [6.45, 7) is 1.34. The molecule has 1 N–H and O–H groups in total. The molecule has 3 nitrogen and oxygen atoms in total. The molecular formula is C12H18Cl2N2O. The molecule has 1 aromatic rings. The molecule has 0 aliphatic rings. The van der Waals surface area contributed by atoms with E-state index in [1.807, 2.05) is 38.4 Å². The average Bonchev–Trinajstić information content (AvgIpc) is 2.29. The van der Waals surface area contributed by atoms with Gasteiger partial charge in [0, 0.05) is 31.6 Å². The fraction of sp³-hybridized carbons (Fsp3) is 0.417. The first-order valence-corrected chi connectivity index (χ1v) is 5.64. The molecule has 17 heavy (non-hydrogen) atoms. The van der Waals surface area contributed by atoms with Gasteiger partial charge in [-0.05, 0) is 24.7 Å². The number of nitrogens with one attached hydrogen (secondary N) is 1. The van der Waals surface area contributed by atoms with Crippen molar-refractivity contribution in [3.05, 3.63) is 34.9 Å². The maximum atomic E-state index is 11.6. The number of halogens is 2. The van der Waals surface area contributed by atoms with E-state index in [0.717, 1.165) is 5.56 Å². The lowest BCUT2D eigenvalue weighted by Gasteiger charge is -2.17. The normalized spacial score (nSPS) is 9.59. The standard InChI is InChI=1S/C12H17ClN2O.ClH/c1-14-8-7-12(16)15(2)9-10-3-5-11(13)6-4-10;/h3-6,14H,7-9H2,1-2H3;1H. The molecule has 1 aromatic carbocycles. The first-order chi connectivity index (χ1) is 7.63. The Kier molecular flexibility index (Phi) is 7.96. The summed E-state index contributed by atoms with van der Waals surface area (Å²) >= 11 is 5.79. The van der Waals surface area contributed by atoms with Gasteiger partial charge in [0.1, 0.15) is 0 Å². The molecule has 0 atom stereocenters. The summed E-state index contributed by atoms with van der Waals surface area (Å²) in [5, 5.41) is 3.68. The summed E-state index contributed by atoms with van der Waals surface area (Å²) in [5.74, 6) is 0.143. The molecular weight excluding hydrogens is 259 g/mol. The maximum Gasteiger partial charge on any atom is 0.223 e. The van der Waals surface area contributed by atoms with Gasteiger partial charge >= 0.3 is 0 Å². The second-order valence-corrected chi connectivity index (χ2v) is 4.17. The molecule has 1 rings (SSSR count). The summed E-state index contributed by atoms with van der Waals surface area (Å²) in [6, 6.07) is 7.54. The SMILES string of the molecule is CNCCC(=O)N(C)Cc1ccc(Cl)cc1.Cl. The van der Waals surface area contributed by atoms with Crippen LogP contribution in [0, 0.1) is 0 Å². The number of carbonyl (C=O) groups excluding carboxylic acids is 1. The van der Waals surface area contributed by atoms with Gasteiger partial charge in [-0.15, -0.1) is 12.4 Å². The summed E-state index contributed by atoms with van der Waals surface area (Å²) in [6.07, 6.45) is 0.528. The van der Waals surface area contributed by atoms with Crippen LogP contribution in [0.3, 0.4) is 0 Å². The Balaban J connectivity index is 0.00000256. The van der Waals surface area contributed by atoms with Crippen LogP contribution in [0.25, 0.3) is 0 Å². The molecule has 0 fully saturated rings. The number of hydrogen-bond donors (Lipinski definition) is 1. The van der Waals surface area contributed by atoms with E-state index in [9.17, 15) is 4.79 Å². The zero-order chi connectivity index (χ0) is 12.0. The number of nitrogens with zero attached hydrogens (tertiary/aromatic N) is 1. The number of amides is 1.